The van der Waals surface area contributed by atoms with Crippen LogP contribution >= 0.6 is 0 Å². The van der Waals surface area contributed by atoms with Gasteiger partial charge in [0.25, 0.3) is 5.91 Å². The van der Waals surface area contributed by atoms with E-state index in [0.717, 1.165) is 17.6 Å². The van der Waals surface area contributed by atoms with Crippen LogP contribution in [-0.2, 0) is 22.9 Å². The van der Waals surface area contributed by atoms with Gasteiger partial charge in [0, 0.05) is 25.2 Å². The molecule has 0 bridgehead atoms. The van der Waals surface area contributed by atoms with Crippen molar-refractivity contribution in [2.75, 3.05) is 6.26 Å². The fourth-order valence-corrected chi connectivity index (χ4v) is 4.66. The molecule has 1 N–H and O–H groups in total. The van der Waals surface area contributed by atoms with Crippen molar-refractivity contribution in [2.24, 2.45) is 0 Å². The van der Waals surface area contributed by atoms with E-state index in [1.54, 1.807) is 29.1 Å². The summed E-state index contributed by atoms with van der Waals surface area (Å²) in [5, 5.41) is 10.7. The minimum atomic E-state index is -3.38. The first kappa shape index (κ1) is 20.4. The maximum Gasteiger partial charge on any atom is 0.273 e. The van der Waals surface area contributed by atoms with Gasteiger partial charge in [-0.05, 0) is 42.0 Å². The summed E-state index contributed by atoms with van der Waals surface area (Å²) in [4.78, 5) is 17.3. The Labute approximate surface area is 185 Å². The lowest BCUT2D eigenvalue weighted by Gasteiger charge is -2.08. The van der Waals surface area contributed by atoms with Crippen LogP contribution in [0.15, 0.2) is 59.9 Å². The first-order valence-corrected chi connectivity index (χ1v) is 12.2. The number of pyridine rings is 1. The number of nitrogens with one attached hydrogen (secondary N) is 1. The van der Waals surface area contributed by atoms with Gasteiger partial charge in [-0.1, -0.05) is 29.5 Å². The smallest absolute Gasteiger partial charge is 0.273 e. The molecule has 10 heteroatoms. The van der Waals surface area contributed by atoms with Crippen molar-refractivity contribution in [1.82, 2.24) is 29.7 Å². The molecule has 32 heavy (non-hydrogen) atoms. The zero-order chi connectivity index (χ0) is 22.3. The van der Waals surface area contributed by atoms with E-state index >= 15 is 0 Å². The summed E-state index contributed by atoms with van der Waals surface area (Å²) in [5.41, 5.74) is 3.69. The highest BCUT2D eigenvalue weighted by atomic mass is 32.2. The molecule has 0 spiro atoms. The van der Waals surface area contributed by atoms with E-state index in [2.05, 4.69) is 32.9 Å². The maximum absolute atomic E-state index is 12.5. The summed E-state index contributed by atoms with van der Waals surface area (Å²) in [7, 11) is -3.38. The summed E-state index contributed by atoms with van der Waals surface area (Å²) in [6, 6.07) is 10.7. The second-order valence-electron chi connectivity index (χ2n) is 8.10. The van der Waals surface area contributed by atoms with Crippen molar-refractivity contribution in [3.63, 3.8) is 0 Å². The molecular formula is C22H22N6O3S. The quantitative estimate of drug-likeness (QED) is 0.462. The number of hydrogen-bond acceptors (Lipinski definition) is 6. The normalized spacial score (nSPS) is 14.0. The Bertz CT molecular complexity index is 1420. The number of sulfone groups is 1. The van der Waals surface area contributed by atoms with Crippen LogP contribution in [0.4, 0.5) is 0 Å². The molecule has 1 aromatic carbocycles. The van der Waals surface area contributed by atoms with Gasteiger partial charge in [-0.2, -0.15) is 0 Å². The minimum absolute atomic E-state index is 0.0741. The second kappa shape index (κ2) is 7.86. The lowest BCUT2D eigenvalue weighted by atomic mass is 10.2. The average Bonchev–Trinajstić information content (AvgIpc) is 3.38. The van der Waals surface area contributed by atoms with E-state index in [1.165, 1.54) is 24.5 Å². The van der Waals surface area contributed by atoms with Gasteiger partial charge in [-0.15, -0.1) is 5.10 Å². The second-order valence-corrected chi connectivity index (χ2v) is 10.1. The Morgan fingerprint density at radius 1 is 1.12 bits per heavy atom. The van der Waals surface area contributed by atoms with Crippen LogP contribution < -0.4 is 5.32 Å². The van der Waals surface area contributed by atoms with E-state index in [-0.39, 0.29) is 17.1 Å². The first-order chi connectivity index (χ1) is 15.4. The van der Waals surface area contributed by atoms with Gasteiger partial charge in [0.1, 0.15) is 5.65 Å². The van der Waals surface area contributed by atoms with Crippen molar-refractivity contribution in [3.8, 4) is 0 Å². The predicted octanol–water partition coefficient (Wildman–Crippen LogP) is 2.19. The molecule has 3 heterocycles. The summed E-state index contributed by atoms with van der Waals surface area (Å²) in [5.74, 6) is 0.245. The number of benzene rings is 1. The standard InChI is InChI=1S/C22H22N6O3S/c1-32(30,31)20-5-3-2-4-16(20)10-23-22(29)19-14-28(26-25-19)13-18-12-27-11-17(15-6-7-15)8-9-21(27)24-18/h2-5,8-9,11-12,14-15H,6-7,10,13H2,1H3,(H,23,29). The van der Waals surface area contributed by atoms with Crippen LogP contribution in [0.3, 0.4) is 0 Å². The molecule has 5 rings (SSSR count). The number of carbonyl (C=O) groups is 1. The number of amides is 1. The van der Waals surface area contributed by atoms with Crippen molar-refractivity contribution in [3.05, 3.63) is 77.5 Å². The van der Waals surface area contributed by atoms with Gasteiger partial charge in [-0.25, -0.2) is 18.1 Å². The maximum atomic E-state index is 12.5. The number of hydrogen-bond donors (Lipinski definition) is 1. The fraction of sp³-hybridized carbons (Fsp3) is 0.273. The summed E-state index contributed by atoms with van der Waals surface area (Å²) >= 11 is 0. The zero-order valence-corrected chi connectivity index (χ0v) is 18.3. The van der Waals surface area contributed by atoms with Crippen LogP contribution in [0.2, 0.25) is 0 Å². The summed E-state index contributed by atoms with van der Waals surface area (Å²) < 4.78 is 27.4. The van der Waals surface area contributed by atoms with Gasteiger partial charge in [0.2, 0.25) is 0 Å². The molecule has 0 atom stereocenters. The Hall–Kier alpha value is -3.53. The Morgan fingerprint density at radius 3 is 2.72 bits per heavy atom. The highest BCUT2D eigenvalue weighted by Gasteiger charge is 2.23. The summed E-state index contributed by atoms with van der Waals surface area (Å²) in [6.07, 6.45) is 9.28. The largest absolute Gasteiger partial charge is 0.346 e. The van der Waals surface area contributed by atoms with Gasteiger partial charge in [-0.3, -0.25) is 4.79 Å². The number of imidazole rings is 1. The Kier molecular flexibility index (Phi) is 5.01. The van der Waals surface area contributed by atoms with Crippen molar-refractivity contribution >= 4 is 21.4 Å². The average molecular weight is 451 g/mol. The number of rotatable bonds is 7. The molecule has 1 aliphatic rings. The minimum Gasteiger partial charge on any atom is -0.346 e. The van der Waals surface area contributed by atoms with Gasteiger partial charge in [0.05, 0.1) is 23.3 Å². The first-order valence-electron chi connectivity index (χ1n) is 10.3. The Morgan fingerprint density at radius 2 is 1.94 bits per heavy atom. The molecular weight excluding hydrogens is 428 g/mol. The lowest BCUT2D eigenvalue weighted by molar-refractivity contribution is 0.0945. The molecule has 0 radical (unpaired) electrons. The van der Waals surface area contributed by atoms with Crippen LogP contribution in [0, 0.1) is 0 Å². The van der Waals surface area contributed by atoms with E-state index < -0.39 is 15.7 Å². The van der Waals surface area contributed by atoms with E-state index in [1.807, 2.05) is 16.7 Å². The molecule has 9 nitrogen and oxygen atoms in total. The van der Waals surface area contributed by atoms with E-state index in [9.17, 15) is 13.2 Å². The van der Waals surface area contributed by atoms with Gasteiger partial charge >= 0.3 is 0 Å². The molecule has 3 aromatic heterocycles. The van der Waals surface area contributed by atoms with E-state index in [4.69, 9.17) is 0 Å². The topological polar surface area (TPSA) is 111 Å². The monoisotopic (exact) mass is 450 g/mol. The van der Waals surface area contributed by atoms with Crippen LogP contribution in [0.5, 0.6) is 0 Å². The highest BCUT2D eigenvalue weighted by Crippen LogP contribution is 2.39. The molecule has 0 aliphatic heterocycles. The molecule has 4 aromatic rings. The molecule has 0 unspecified atom stereocenters. The van der Waals surface area contributed by atoms with Crippen LogP contribution in [0.1, 0.15) is 46.1 Å². The molecule has 1 saturated carbocycles. The van der Waals surface area contributed by atoms with Crippen molar-refractivity contribution < 1.29 is 13.2 Å². The Balaban J connectivity index is 1.26. The molecule has 1 fully saturated rings. The number of aromatic nitrogens is 5. The number of nitrogens with zero attached hydrogens (tertiary/aromatic N) is 5. The van der Waals surface area contributed by atoms with Crippen molar-refractivity contribution in [2.45, 2.75) is 36.7 Å². The number of fused-ring (bicyclic) bond motifs is 1. The van der Waals surface area contributed by atoms with Crippen molar-refractivity contribution in [1.29, 1.82) is 0 Å². The third-order valence-electron chi connectivity index (χ3n) is 5.48. The molecule has 0 saturated heterocycles. The zero-order valence-electron chi connectivity index (χ0n) is 17.5. The van der Waals surface area contributed by atoms with Gasteiger partial charge < -0.3 is 9.72 Å². The van der Waals surface area contributed by atoms with E-state index in [0.29, 0.717) is 18.0 Å². The fourth-order valence-electron chi connectivity index (χ4n) is 3.72. The van der Waals surface area contributed by atoms with Gasteiger partial charge in [0.15, 0.2) is 15.5 Å². The molecule has 1 amide bonds. The molecule has 1 aliphatic carbocycles. The third kappa shape index (κ3) is 4.26. The van der Waals surface area contributed by atoms with Crippen LogP contribution in [0.25, 0.3) is 5.65 Å². The lowest BCUT2D eigenvalue weighted by Crippen LogP contribution is -2.24. The van der Waals surface area contributed by atoms with Crippen LogP contribution in [-0.4, -0.2) is 45.0 Å². The number of carbonyl (C=O) groups excluding carboxylic acids is 1. The SMILES string of the molecule is CS(=O)(=O)c1ccccc1CNC(=O)c1cn(Cc2cn3cc(C4CC4)ccc3n2)nn1. The predicted molar refractivity (Wildman–Crippen MR) is 117 cm³/mol. The third-order valence-corrected chi connectivity index (χ3v) is 6.68. The molecule has 164 valence electrons. The highest BCUT2D eigenvalue weighted by molar-refractivity contribution is 7.90. The summed E-state index contributed by atoms with van der Waals surface area (Å²) in [6.45, 7) is 0.461.